The van der Waals surface area contributed by atoms with E-state index in [1.165, 1.54) is 30.0 Å². The Hall–Kier alpha value is -2.96. The zero-order valence-corrected chi connectivity index (χ0v) is 18.1. The lowest BCUT2D eigenvalue weighted by atomic mass is 9.98. The van der Waals surface area contributed by atoms with Crippen molar-refractivity contribution in [2.24, 2.45) is 11.5 Å². The van der Waals surface area contributed by atoms with Crippen LogP contribution >= 0.6 is 12.2 Å². The molecule has 1 aliphatic heterocycles. The summed E-state index contributed by atoms with van der Waals surface area (Å²) < 4.78 is 0. The van der Waals surface area contributed by atoms with Gasteiger partial charge in [0.2, 0.25) is 0 Å². The molecule has 3 rings (SSSR count). The van der Waals surface area contributed by atoms with E-state index in [0.717, 1.165) is 24.2 Å². The van der Waals surface area contributed by atoms with Gasteiger partial charge in [-0.1, -0.05) is 42.5 Å². The van der Waals surface area contributed by atoms with Crippen LogP contribution in [0.4, 0.5) is 5.69 Å². The summed E-state index contributed by atoms with van der Waals surface area (Å²) in [6.45, 7) is 4.36. The first-order valence-electron chi connectivity index (χ1n) is 10.1. The molecule has 1 heterocycles. The van der Waals surface area contributed by atoms with Gasteiger partial charge in [-0.05, 0) is 61.2 Å². The SMILES string of the molecule is CC1CCCN1Cc1cccc(/C=C(\N)C(=N)c2cc(/C(C=S)=C/N)ccc2N)c1. The van der Waals surface area contributed by atoms with Crippen molar-refractivity contribution in [3.63, 3.8) is 0 Å². The van der Waals surface area contributed by atoms with Crippen molar-refractivity contribution >= 4 is 40.6 Å². The van der Waals surface area contributed by atoms with Gasteiger partial charge in [0.15, 0.2) is 0 Å². The van der Waals surface area contributed by atoms with Gasteiger partial charge in [0.25, 0.3) is 0 Å². The smallest absolute Gasteiger partial charge is 0.0862 e. The monoisotopic (exact) mass is 419 g/mol. The number of nitrogens with zero attached hydrogens (tertiary/aromatic N) is 1. The van der Waals surface area contributed by atoms with Gasteiger partial charge < -0.3 is 17.2 Å². The fraction of sp³-hybridized carbons (Fsp3) is 0.250. The van der Waals surface area contributed by atoms with Crippen LogP contribution in [0.5, 0.6) is 0 Å². The molecule has 7 N–H and O–H groups in total. The van der Waals surface area contributed by atoms with E-state index >= 15 is 0 Å². The minimum atomic E-state index is 0.175. The Balaban J connectivity index is 1.83. The summed E-state index contributed by atoms with van der Waals surface area (Å²) in [6, 6.07) is 14.3. The van der Waals surface area contributed by atoms with Crippen LogP contribution in [0.1, 0.15) is 42.0 Å². The third kappa shape index (κ3) is 4.96. The van der Waals surface area contributed by atoms with Gasteiger partial charge >= 0.3 is 0 Å². The molecule has 5 nitrogen and oxygen atoms in total. The fourth-order valence-electron chi connectivity index (χ4n) is 3.81. The highest BCUT2D eigenvalue weighted by atomic mass is 32.1. The van der Waals surface area contributed by atoms with Gasteiger partial charge in [0.05, 0.1) is 11.4 Å². The molecule has 30 heavy (non-hydrogen) atoms. The lowest BCUT2D eigenvalue weighted by molar-refractivity contribution is 0.260. The number of nitrogen functional groups attached to an aromatic ring is 1. The number of thiocarbonyl (C=S) groups is 1. The molecule has 1 fully saturated rings. The van der Waals surface area contributed by atoms with Crippen molar-refractivity contribution < 1.29 is 0 Å². The number of nitrogens with one attached hydrogen (secondary N) is 1. The van der Waals surface area contributed by atoms with Gasteiger partial charge in [-0.15, -0.1) is 0 Å². The average molecular weight is 420 g/mol. The summed E-state index contributed by atoms with van der Waals surface area (Å²) in [5.74, 6) is 0. The van der Waals surface area contributed by atoms with Crippen molar-refractivity contribution in [3.8, 4) is 0 Å². The van der Waals surface area contributed by atoms with Crippen LogP contribution in [0.2, 0.25) is 0 Å². The van der Waals surface area contributed by atoms with E-state index in [0.29, 0.717) is 28.6 Å². The second-order valence-corrected chi connectivity index (χ2v) is 7.96. The molecule has 0 aliphatic carbocycles. The third-order valence-electron chi connectivity index (χ3n) is 5.60. The summed E-state index contributed by atoms with van der Waals surface area (Å²) in [5.41, 5.74) is 23.3. The van der Waals surface area contributed by atoms with Crippen molar-refractivity contribution in [1.82, 2.24) is 4.90 Å². The lowest BCUT2D eigenvalue weighted by Crippen LogP contribution is -2.26. The summed E-state index contributed by atoms with van der Waals surface area (Å²) in [4.78, 5) is 2.50. The predicted octanol–water partition coefficient (Wildman–Crippen LogP) is 3.92. The molecule has 2 aromatic rings. The fourth-order valence-corrected chi connectivity index (χ4v) is 4.02. The van der Waals surface area contributed by atoms with E-state index in [-0.39, 0.29) is 5.71 Å². The van der Waals surface area contributed by atoms with Gasteiger partial charge in [0, 0.05) is 41.0 Å². The maximum Gasteiger partial charge on any atom is 0.0862 e. The van der Waals surface area contributed by atoms with Crippen molar-refractivity contribution in [2.45, 2.75) is 32.4 Å². The van der Waals surface area contributed by atoms with E-state index in [1.54, 1.807) is 12.1 Å². The lowest BCUT2D eigenvalue weighted by Gasteiger charge is -2.21. The van der Waals surface area contributed by atoms with Gasteiger partial charge in [0.1, 0.15) is 0 Å². The zero-order valence-electron chi connectivity index (χ0n) is 17.3. The molecule has 2 aromatic carbocycles. The highest BCUT2D eigenvalue weighted by Gasteiger charge is 2.20. The summed E-state index contributed by atoms with van der Waals surface area (Å²) >= 11 is 5.01. The number of likely N-dealkylation sites (tertiary alicyclic amines) is 1. The number of rotatable bonds is 7. The molecule has 0 radical (unpaired) electrons. The van der Waals surface area contributed by atoms with Crippen LogP contribution in [-0.4, -0.2) is 28.6 Å². The molecule has 1 saturated heterocycles. The number of hydrogen-bond acceptors (Lipinski definition) is 6. The Morgan fingerprint density at radius 3 is 2.73 bits per heavy atom. The number of anilines is 1. The van der Waals surface area contributed by atoms with Crippen LogP contribution in [0.3, 0.4) is 0 Å². The van der Waals surface area contributed by atoms with E-state index in [9.17, 15) is 0 Å². The largest absolute Gasteiger partial charge is 0.404 e. The summed E-state index contributed by atoms with van der Waals surface area (Å²) in [6.07, 6.45) is 5.78. The molecule has 0 aromatic heterocycles. The molecule has 156 valence electrons. The summed E-state index contributed by atoms with van der Waals surface area (Å²) in [5, 5.41) is 10.1. The number of hydrogen-bond donors (Lipinski definition) is 4. The molecule has 0 amide bonds. The Morgan fingerprint density at radius 2 is 2.07 bits per heavy atom. The molecule has 1 atom stereocenters. The highest BCUT2D eigenvalue weighted by molar-refractivity contribution is 7.79. The van der Waals surface area contributed by atoms with Crippen LogP contribution in [0.25, 0.3) is 11.6 Å². The maximum atomic E-state index is 8.57. The topological polar surface area (TPSA) is 105 Å². The summed E-state index contributed by atoms with van der Waals surface area (Å²) in [7, 11) is 0. The second-order valence-electron chi connectivity index (χ2n) is 7.72. The molecular formula is C24H29N5S. The average Bonchev–Trinajstić information content (AvgIpc) is 3.14. The van der Waals surface area contributed by atoms with Crippen molar-refractivity contribution in [2.75, 3.05) is 12.3 Å². The molecule has 0 saturated carbocycles. The quantitative estimate of drug-likeness (QED) is 0.236. The standard InChI is InChI=1S/C24H29N5S/c1-16-4-3-9-29(16)14-18-6-2-5-17(10-18)11-23(27)24(28)21-12-19(7-8-22(21)26)20(13-25)15-30/h2,5-8,10-13,15-16,28H,3-4,9,14,25-27H2,1H3/b20-13+,23-11-,28-24?. The zero-order chi connectivity index (χ0) is 21.7. The van der Waals surface area contributed by atoms with Gasteiger partial charge in [-0.3, -0.25) is 10.3 Å². The molecule has 0 spiro atoms. The Kier molecular flexibility index (Phi) is 7.03. The maximum absolute atomic E-state index is 8.57. The Morgan fingerprint density at radius 1 is 1.27 bits per heavy atom. The van der Waals surface area contributed by atoms with Crippen molar-refractivity contribution in [1.29, 1.82) is 5.41 Å². The first-order valence-corrected chi connectivity index (χ1v) is 10.6. The minimum Gasteiger partial charge on any atom is -0.404 e. The van der Waals surface area contributed by atoms with Crippen molar-refractivity contribution in [3.05, 3.63) is 76.6 Å². The van der Waals surface area contributed by atoms with E-state index in [4.69, 9.17) is 34.8 Å². The second kappa shape index (κ2) is 9.69. The Labute approximate surface area is 183 Å². The highest BCUT2D eigenvalue weighted by Crippen LogP contribution is 2.23. The normalized spacial score (nSPS) is 17.8. The number of nitrogens with two attached hydrogens (primary N) is 3. The van der Waals surface area contributed by atoms with E-state index < -0.39 is 0 Å². The van der Waals surface area contributed by atoms with E-state index in [2.05, 4.69) is 24.0 Å². The van der Waals surface area contributed by atoms with Crippen LogP contribution in [0, 0.1) is 5.41 Å². The first kappa shape index (κ1) is 21.7. The molecule has 6 heteroatoms. The minimum absolute atomic E-state index is 0.175. The Bertz CT molecular complexity index is 1010. The van der Waals surface area contributed by atoms with E-state index in [1.807, 2.05) is 24.3 Å². The molecule has 0 bridgehead atoms. The third-order valence-corrected chi connectivity index (χ3v) is 5.85. The van der Waals surface area contributed by atoms with Crippen LogP contribution < -0.4 is 17.2 Å². The number of allylic oxidation sites excluding steroid dienone is 2. The molecule has 1 unspecified atom stereocenters. The number of benzene rings is 2. The molecular weight excluding hydrogens is 390 g/mol. The first-order chi connectivity index (χ1) is 14.4. The van der Waals surface area contributed by atoms with Gasteiger partial charge in [-0.25, -0.2) is 0 Å². The van der Waals surface area contributed by atoms with Gasteiger partial charge in [-0.2, -0.15) is 0 Å². The predicted molar refractivity (Wildman–Crippen MR) is 131 cm³/mol. The van der Waals surface area contributed by atoms with Crippen LogP contribution in [-0.2, 0) is 6.54 Å². The molecule has 1 aliphatic rings. The van der Waals surface area contributed by atoms with Crippen LogP contribution in [0.15, 0.2) is 54.4 Å².